The lowest BCUT2D eigenvalue weighted by atomic mass is 10.1. The Morgan fingerprint density at radius 2 is 2.50 bits per heavy atom. The SMILES string of the molecule is [B]c1cn2cnc(C(=O)Cl)c2s1. The number of aromatic nitrogens is 2. The van der Waals surface area contributed by atoms with Crippen molar-refractivity contribution in [3.05, 3.63) is 18.2 Å². The third-order valence-corrected chi connectivity index (χ3v) is 2.53. The Hall–Kier alpha value is -0.805. The minimum atomic E-state index is -0.556. The highest BCUT2D eigenvalue weighted by molar-refractivity contribution is 7.25. The van der Waals surface area contributed by atoms with Gasteiger partial charge in [-0.1, -0.05) is 0 Å². The molecule has 2 aromatic heterocycles. The van der Waals surface area contributed by atoms with E-state index in [4.69, 9.17) is 19.4 Å². The van der Waals surface area contributed by atoms with Gasteiger partial charge in [0, 0.05) is 6.20 Å². The number of halogens is 1. The van der Waals surface area contributed by atoms with Crippen molar-refractivity contribution < 1.29 is 4.79 Å². The van der Waals surface area contributed by atoms with E-state index in [0.29, 0.717) is 9.61 Å². The van der Waals surface area contributed by atoms with Gasteiger partial charge in [0.15, 0.2) is 5.69 Å². The zero-order valence-corrected chi connectivity index (χ0v) is 7.39. The summed E-state index contributed by atoms with van der Waals surface area (Å²) in [7, 11) is 5.52. The Balaban J connectivity index is 2.76. The highest BCUT2D eigenvalue weighted by Crippen LogP contribution is 2.15. The number of fused-ring (bicyclic) bond motifs is 1. The van der Waals surface area contributed by atoms with E-state index in [1.54, 1.807) is 10.6 Å². The molecule has 0 bridgehead atoms. The molecule has 0 aliphatic carbocycles. The third kappa shape index (κ3) is 1.05. The molecule has 0 spiro atoms. The van der Waals surface area contributed by atoms with Crippen molar-refractivity contribution in [2.45, 2.75) is 0 Å². The first-order chi connectivity index (χ1) is 5.68. The maximum atomic E-state index is 10.8. The van der Waals surface area contributed by atoms with Crippen LogP contribution in [-0.2, 0) is 0 Å². The second-order valence-electron chi connectivity index (χ2n) is 2.21. The van der Waals surface area contributed by atoms with Crippen molar-refractivity contribution in [1.82, 2.24) is 9.38 Å². The molecule has 0 amide bonds. The molecule has 0 aliphatic heterocycles. The van der Waals surface area contributed by atoms with Crippen LogP contribution in [0.25, 0.3) is 4.83 Å². The molecule has 3 nitrogen and oxygen atoms in total. The van der Waals surface area contributed by atoms with Gasteiger partial charge in [0.1, 0.15) is 19.0 Å². The second kappa shape index (κ2) is 2.60. The van der Waals surface area contributed by atoms with E-state index < -0.39 is 5.24 Å². The standard InChI is InChI=1S/C6H2BClN2OS/c7-3-1-10-2-9-4(5(8)11)6(10)12-3/h1-2H. The summed E-state index contributed by atoms with van der Waals surface area (Å²) in [5.74, 6) is 0. The van der Waals surface area contributed by atoms with Gasteiger partial charge < -0.3 is 0 Å². The molecule has 58 valence electrons. The van der Waals surface area contributed by atoms with Gasteiger partial charge in [-0.2, -0.15) is 0 Å². The largest absolute Gasteiger partial charge is 0.297 e. The first-order valence-electron chi connectivity index (χ1n) is 3.10. The number of nitrogens with zero attached hydrogens (tertiary/aromatic N) is 2. The molecule has 0 N–H and O–H groups in total. The Morgan fingerprint density at radius 1 is 1.75 bits per heavy atom. The van der Waals surface area contributed by atoms with Gasteiger partial charge in [-0.25, -0.2) is 4.98 Å². The van der Waals surface area contributed by atoms with Crippen molar-refractivity contribution in [3.8, 4) is 0 Å². The highest BCUT2D eigenvalue weighted by atomic mass is 35.5. The predicted octanol–water partition coefficient (Wildman–Crippen LogP) is 0.569. The molecule has 0 unspecified atom stereocenters. The molecule has 2 aromatic rings. The number of carbonyl (C=O) groups excluding carboxylic acids is 1. The van der Waals surface area contributed by atoms with Crippen molar-refractivity contribution in [2.75, 3.05) is 0 Å². The Labute approximate surface area is 78.4 Å². The quantitative estimate of drug-likeness (QED) is 0.494. The maximum absolute atomic E-state index is 10.8. The van der Waals surface area contributed by atoms with Crippen LogP contribution in [-0.4, -0.2) is 22.5 Å². The number of hydrogen-bond donors (Lipinski definition) is 0. The molecule has 0 saturated carbocycles. The first kappa shape index (κ1) is 7.82. The molecular weight excluding hydrogens is 194 g/mol. The van der Waals surface area contributed by atoms with Crippen molar-refractivity contribution >= 4 is 45.6 Å². The lowest BCUT2D eigenvalue weighted by molar-refractivity contribution is 0.107. The van der Waals surface area contributed by atoms with Crippen LogP contribution in [0.15, 0.2) is 12.5 Å². The third-order valence-electron chi connectivity index (χ3n) is 1.42. The smallest absolute Gasteiger partial charge is 0.273 e. The zero-order valence-electron chi connectivity index (χ0n) is 5.82. The molecule has 12 heavy (non-hydrogen) atoms. The van der Waals surface area contributed by atoms with Crippen LogP contribution < -0.4 is 4.78 Å². The summed E-state index contributed by atoms with van der Waals surface area (Å²) in [6.45, 7) is 0. The van der Waals surface area contributed by atoms with Crippen LogP contribution in [0, 0.1) is 0 Å². The topological polar surface area (TPSA) is 34.4 Å². The van der Waals surface area contributed by atoms with Crippen molar-refractivity contribution in [1.29, 1.82) is 0 Å². The molecule has 0 aliphatic rings. The second-order valence-corrected chi connectivity index (χ2v) is 3.62. The number of imidazole rings is 1. The van der Waals surface area contributed by atoms with E-state index in [9.17, 15) is 4.79 Å². The van der Waals surface area contributed by atoms with E-state index in [1.165, 1.54) is 17.7 Å². The lowest BCUT2D eigenvalue weighted by Crippen LogP contribution is -1.92. The molecule has 0 fully saturated rings. The fourth-order valence-electron chi connectivity index (χ4n) is 0.953. The minimum Gasteiger partial charge on any atom is -0.297 e. The Kier molecular flexibility index (Phi) is 1.70. The van der Waals surface area contributed by atoms with Crippen LogP contribution in [0.5, 0.6) is 0 Å². The molecular formula is C6H2BClN2OS. The monoisotopic (exact) mass is 196 g/mol. The molecule has 0 atom stereocenters. The van der Waals surface area contributed by atoms with Gasteiger partial charge in [-0.15, -0.1) is 11.3 Å². The molecule has 0 saturated heterocycles. The Bertz CT molecular complexity index is 449. The number of hydrogen-bond acceptors (Lipinski definition) is 3. The van der Waals surface area contributed by atoms with Gasteiger partial charge >= 0.3 is 0 Å². The summed E-state index contributed by atoms with van der Waals surface area (Å²) in [4.78, 5) is 15.3. The van der Waals surface area contributed by atoms with Crippen LogP contribution >= 0.6 is 22.9 Å². The summed E-state index contributed by atoms with van der Waals surface area (Å²) in [5.41, 5.74) is 0.262. The van der Waals surface area contributed by atoms with E-state index in [-0.39, 0.29) is 5.69 Å². The number of thiazole rings is 1. The van der Waals surface area contributed by atoms with Crippen LogP contribution in [0.1, 0.15) is 10.5 Å². The molecule has 2 radical (unpaired) electrons. The van der Waals surface area contributed by atoms with Crippen molar-refractivity contribution in [3.63, 3.8) is 0 Å². The fourth-order valence-corrected chi connectivity index (χ4v) is 1.98. The lowest BCUT2D eigenvalue weighted by Gasteiger charge is -1.81. The number of carbonyl (C=O) groups is 1. The first-order valence-corrected chi connectivity index (χ1v) is 4.29. The normalized spacial score (nSPS) is 10.8. The summed E-state index contributed by atoms with van der Waals surface area (Å²) >= 11 is 6.57. The molecule has 6 heteroatoms. The summed E-state index contributed by atoms with van der Waals surface area (Å²) in [6, 6.07) is 0. The van der Waals surface area contributed by atoms with Crippen LogP contribution in [0.2, 0.25) is 0 Å². The van der Waals surface area contributed by atoms with Gasteiger partial charge in [0.25, 0.3) is 5.24 Å². The Morgan fingerprint density at radius 3 is 3.17 bits per heavy atom. The summed E-state index contributed by atoms with van der Waals surface area (Å²) in [5, 5.41) is -0.556. The summed E-state index contributed by atoms with van der Waals surface area (Å²) < 4.78 is 2.31. The van der Waals surface area contributed by atoms with Crippen LogP contribution in [0.3, 0.4) is 0 Å². The van der Waals surface area contributed by atoms with Gasteiger partial charge in [0.05, 0.1) is 0 Å². The van der Waals surface area contributed by atoms with Crippen molar-refractivity contribution in [2.24, 2.45) is 0 Å². The minimum absolute atomic E-state index is 0.262. The predicted molar refractivity (Wildman–Crippen MR) is 48.6 cm³/mol. The molecule has 2 rings (SSSR count). The van der Waals surface area contributed by atoms with Gasteiger partial charge in [0.2, 0.25) is 0 Å². The fraction of sp³-hybridized carbons (Fsp3) is 0. The van der Waals surface area contributed by atoms with Gasteiger partial charge in [-0.3, -0.25) is 9.20 Å². The number of rotatable bonds is 1. The average Bonchev–Trinajstić information content (AvgIpc) is 2.43. The van der Waals surface area contributed by atoms with E-state index in [2.05, 4.69) is 4.98 Å². The van der Waals surface area contributed by atoms with Crippen LogP contribution in [0.4, 0.5) is 0 Å². The highest BCUT2D eigenvalue weighted by Gasteiger charge is 2.11. The van der Waals surface area contributed by atoms with E-state index in [1.807, 2.05) is 0 Å². The summed E-state index contributed by atoms with van der Waals surface area (Å²) in [6.07, 6.45) is 3.20. The van der Waals surface area contributed by atoms with Gasteiger partial charge in [-0.05, 0) is 16.4 Å². The molecule has 2 heterocycles. The average molecular weight is 196 g/mol. The zero-order chi connectivity index (χ0) is 8.72. The molecule has 0 aromatic carbocycles. The maximum Gasteiger partial charge on any atom is 0.273 e. The van der Waals surface area contributed by atoms with E-state index >= 15 is 0 Å². The van der Waals surface area contributed by atoms with E-state index in [0.717, 1.165) is 0 Å².